The summed E-state index contributed by atoms with van der Waals surface area (Å²) in [6, 6.07) is 8.20. The molecule has 2 rings (SSSR count). The molecule has 1 aliphatic rings. The standard InChI is InChI=1S/C16H22N2O3/c1-4-13(10-21-3)18-14(12-8-6-5-7-9-12)15(19)17-11(2)16(18)20/h5-9,11,13-14H,4,10H2,1-3H3,(H,17,19). The molecule has 0 aliphatic carbocycles. The minimum atomic E-state index is -0.588. The van der Waals surface area contributed by atoms with Gasteiger partial charge in [-0.25, -0.2) is 0 Å². The molecule has 3 unspecified atom stereocenters. The Kier molecular flexibility index (Phi) is 4.96. The van der Waals surface area contributed by atoms with Crippen molar-refractivity contribution < 1.29 is 14.3 Å². The van der Waals surface area contributed by atoms with Crippen molar-refractivity contribution >= 4 is 11.8 Å². The summed E-state index contributed by atoms with van der Waals surface area (Å²) in [6.07, 6.45) is 0.739. The van der Waals surface area contributed by atoms with Crippen LogP contribution in [-0.2, 0) is 14.3 Å². The van der Waals surface area contributed by atoms with E-state index < -0.39 is 12.1 Å². The third kappa shape index (κ3) is 3.08. The van der Waals surface area contributed by atoms with Gasteiger partial charge in [0.25, 0.3) is 0 Å². The van der Waals surface area contributed by atoms with Crippen LogP contribution in [0.1, 0.15) is 31.9 Å². The van der Waals surface area contributed by atoms with E-state index in [-0.39, 0.29) is 17.9 Å². The van der Waals surface area contributed by atoms with Crippen molar-refractivity contribution in [2.24, 2.45) is 0 Å². The zero-order valence-electron chi connectivity index (χ0n) is 12.7. The fourth-order valence-corrected chi connectivity index (χ4v) is 2.76. The van der Waals surface area contributed by atoms with E-state index >= 15 is 0 Å². The first-order chi connectivity index (χ1) is 10.1. The molecule has 1 saturated heterocycles. The number of piperazine rings is 1. The Morgan fingerprint density at radius 2 is 1.95 bits per heavy atom. The zero-order valence-corrected chi connectivity index (χ0v) is 12.7. The van der Waals surface area contributed by atoms with Crippen LogP contribution in [0.15, 0.2) is 30.3 Å². The molecule has 1 N–H and O–H groups in total. The molecular weight excluding hydrogens is 268 g/mol. The first-order valence-corrected chi connectivity index (χ1v) is 7.26. The maximum absolute atomic E-state index is 12.6. The van der Waals surface area contributed by atoms with Crippen LogP contribution in [-0.4, -0.2) is 42.5 Å². The second kappa shape index (κ2) is 6.72. The van der Waals surface area contributed by atoms with E-state index in [1.807, 2.05) is 37.3 Å². The molecule has 2 amide bonds. The van der Waals surface area contributed by atoms with Gasteiger partial charge in [0.15, 0.2) is 0 Å². The van der Waals surface area contributed by atoms with E-state index in [0.29, 0.717) is 6.61 Å². The molecule has 0 radical (unpaired) electrons. The van der Waals surface area contributed by atoms with Crippen LogP contribution in [0.2, 0.25) is 0 Å². The Balaban J connectivity index is 2.41. The lowest BCUT2D eigenvalue weighted by atomic mass is 9.97. The lowest BCUT2D eigenvalue weighted by Crippen LogP contribution is -2.61. The number of amides is 2. The molecule has 1 aromatic rings. The van der Waals surface area contributed by atoms with Gasteiger partial charge in [0.05, 0.1) is 12.6 Å². The van der Waals surface area contributed by atoms with Gasteiger partial charge in [0, 0.05) is 7.11 Å². The average molecular weight is 290 g/mol. The van der Waals surface area contributed by atoms with Crippen LogP contribution in [0, 0.1) is 0 Å². The fourth-order valence-electron chi connectivity index (χ4n) is 2.76. The Morgan fingerprint density at radius 3 is 2.52 bits per heavy atom. The van der Waals surface area contributed by atoms with Gasteiger partial charge in [-0.2, -0.15) is 0 Å². The largest absolute Gasteiger partial charge is 0.383 e. The molecule has 0 bridgehead atoms. The molecule has 1 aromatic carbocycles. The maximum Gasteiger partial charge on any atom is 0.248 e. The lowest BCUT2D eigenvalue weighted by molar-refractivity contribution is -0.153. The predicted octanol–water partition coefficient (Wildman–Crippen LogP) is 1.50. The zero-order chi connectivity index (χ0) is 15.4. The summed E-state index contributed by atoms with van der Waals surface area (Å²) >= 11 is 0. The van der Waals surface area contributed by atoms with Crippen molar-refractivity contribution in [3.05, 3.63) is 35.9 Å². The van der Waals surface area contributed by atoms with Crippen LogP contribution in [0.3, 0.4) is 0 Å². The highest BCUT2D eigenvalue weighted by atomic mass is 16.5. The highest BCUT2D eigenvalue weighted by molar-refractivity contribution is 5.97. The van der Waals surface area contributed by atoms with E-state index in [9.17, 15) is 9.59 Å². The maximum atomic E-state index is 12.6. The fraction of sp³-hybridized carbons (Fsp3) is 0.500. The molecule has 114 valence electrons. The number of carbonyl (C=O) groups excluding carboxylic acids is 2. The van der Waals surface area contributed by atoms with Gasteiger partial charge >= 0.3 is 0 Å². The van der Waals surface area contributed by atoms with Crippen LogP contribution >= 0.6 is 0 Å². The summed E-state index contributed by atoms with van der Waals surface area (Å²) in [5, 5.41) is 2.76. The van der Waals surface area contributed by atoms with Crippen molar-refractivity contribution in [3.8, 4) is 0 Å². The van der Waals surface area contributed by atoms with Gasteiger partial charge in [-0.15, -0.1) is 0 Å². The van der Waals surface area contributed by atoms with Crippen molar-refractivity contribution in [3.63, 3.8) is 0 Å². The quantitative estimate of drug-likeness (QED) is 0.894. The predicted molar refractivity (Wildman–Crippen MR) is 79.6 cm³/mol. The first-order valence-electron chi connectivity index (χ1n) is 7.26. The van der Waals surface area contributed by atoms with Gasteiger partial charge in [-0.3, -0.25) is 9.59 Å². The highest BCUT2D eigenvalue weighted by Gasteiger charge is 2.42. The number of ether oxygens (including phenoxy) is 1. The molecule has 5 nitrogen and oxygen atoms in total. The number of benzene rings is 1. The second-order valence-corrected chi connectivity index (χ2v) is 5.31. The number of rotatable bonds is 5. The van der Waals surface area contributed by atoms with Crippen molar-refractivity contribution in [1.29, 1.82) is 0 Å². The van der Waals surface area contributed by atoms with Crippen molar-refractivity contribution in [1.82, 2.24) is 10.2 Å². The Hall–Kier alpha value is -1.88. The SMILES string of the molecule is CCC(COC)N1C(=O)C(C)NC(=O)C1c1ccccc1. The number of hydrogen-bond acceptors (Lipinski definition) is 3. The minimum absolute atomic E-state index is 0.0626. The Bertz CT molecular complexity index is 504. The third-order valence-electron chi connectivity index (χ3n) is 3.85. The van der Waals surface area contributed by atoms with Crippen LogP contribution in [0.5, 0.6) is 0 Å². The number of nitrogens with zero attached hydrogens (tertiary/aromatic N) is 1. The van der Waals surface area contributed by atoms with E-state index in [4.69, 9.17) is 4.74 Å². The first kappa shape index (κ1) is 15.5. The summed E-state index contributed by atoms with van der Waals surface area (Å²) in [7, 11) is 1.61. The van der Waals surface area contributed by atoms with E-state index in [2.05, 4.69) is 5.32 Å². The van der Waals surface area contributed by atoms with Crippen LogP contribution in [0.25, 0.3) is 0 Å². The average Bonchev–Trinajstić information content (AvgIpc) is 2.49. The topological polar surface area (TPSA) is 58.6 Å². The van der Waals surface area contributed by atoms with Crippen molar-refractivity contribution in [2.75, 3.05) is 13.7 Å². The monoisotopic (exact) mass is 290 g/mol. The molecular formula is C16H22N2O3. The molecule has 1 heterocycles. The third-order valence-corrected chi connectivity index (χ3v) is 3.85. The van der Waals surface area contributed by atoms with Gasteiger partial charge in [0.1, 0.15) is 12.1 Å². The second-order valence-electron chi connectivity index (χ2n) is 5.31. The van der Waals surface area contributed by atoms with Crippen LogP contribution in [0.4, 0.5) is 0 Å². The molecule has 5 heteroatoms. The number of nitrogens with one attached hydrogen (secondary N) is 1. The number of methoxy groups -OCH3 is 1. The summed E-state index contributed by atoms with van der Waals surface area (Å²) in [6.45, 7) is 4.13. The molecule has 21 heavy (non-hydrogen) atoms. The summed E-state index contributed by atoms with van der Waals surface area (Å²) in [5.74, 6) is -0.199. The highest BCUT2D eigenvalue weighted by Crippen LogP contribution is 2.28. The van der Waals surface area contributed by atoms with Gasteiger partial charge < -0.3 is 15.0 Å². The van der Waals surface area contributed by atoms with Gasteiger partial charge in [-0.1, -0.05) is 37.3 Å². The Labute approximate surface area is 125 Å². The molecule has 0 saturated carbocycles. The number of hydrogen-bond donors (Lipinski definition) is 1. The molecule has 0 spiro atoms. The minimum Gasteiger partial charge on any atom is -0.383 e. The molecule has 0 aromatic heterocycles. The molecule has 3 atom stereocenters. The van der Waals surface area contributed by atoms with E-state index in [0.717, 1.165) is 12.0 Å². The van der Waals surface area contributed by atoms with E-state index in [1.54, 1.807) is 18.9 Å². The number of carbonyl (C=O) groups is 2. The molecule has 1 fully saturated rings. The molecule has 1 aliphatic heterocycles. The normalized spacial score (nSPS) is 23.9. The summed E-state index contributed by atoms with van der Waals surface area (Å²) in [5.41, 5.74) is 0.824. The van der Waals surface area contributed by atoms with Crippen molar-refractivity contribution in [2.45, 2.75) is 38.4 Å². The smallest absolute Gasteiger partial charge is 0.248 e. The lowest BCUT2D eigenvalue weighted by Gasteiger charge is -2.42. The van der Waals surface area contributed by atoms with Gasteiger partial charge in [0.2, 0.25) is 11.8 Å². The summed E-state index contributed by atoms with van der Waals surface area (Å²) in [4.78, 5) is 26.7. The summed E-state index contributed by atoms with van der Waals surface area (Å²) < 4.78 is 5.23. The van der Waals surface area contributed by atoms with E-state index in [1.165, 1.54) is 0 Å². The van der Waals surface area contributed by atoms with Crippen LogP contribution < -0.4 is 5.32 Å². The Morgan fingerprint density at radius 1 is 1.29 bits per heavy atom. The van der Waals surface area contributed by atoms with Gasteiger partial charge in [-0.05, 0) is 18.9 Å².